The van der Waals surface area contributed by atoms with Gasteiger partial charge in [0.2, 0.25) is 0 Å². The lowest BCUT2D eigenvalue weighted by atomic mass is 9.84. The molecule has 0 aliphatic heterocycles. The molecule has 8 rings (SSSR count). The Morgan fingerprint density at radius 3 is 1.11 bits per heavy atom. The van der Waals surface area contributed by atoms with Gasteiger partial charge in [0.15, 0.2) is 0 Å². The highest BCUT2D eigenvalue weighted by Gasteiger charge is 2.23. The van der Waals surface area contributed by atoms with E-state index in [1.165, 1.54) is 0 Å². The maximum atomic E-state index is 11.0. The second-order valence-electron chi connectivity index (χ2n) is 13.8. The van der Waals surface area contributed by atoms with E-state index >= 15 is 0 Å². The molecule has 0 aliphatic carbocycles. The Balaban J connectivity index is 1.24. The fourth-order valence-corrected chi connectivity index (χ4v) is 7.23. The molecule has 8 aromatic carbocycles. The number of fused-ring (bicyclic) bond motifs is 4. The first kappa shape index (κ1) is 35.0. The average Bonchev–Trinajstić information content (AvgIpc) is 3.20. The molecule has 8 aromatic rings. The van der Waals surface area contributed by atoms with E-state index < -0.39 is 12.2 Å². The lowest BCUT2D eigenvalue weighted by Crippen LogP contribution is -2.25. The van der Waals surface area contributed by atoms with Crippen LogP contribution in [0.3, 0.4) is 0 Å². The standard InChI is InChI=1S/C48H42O6/c1-31-21-23-41-43(25-31)45(37-17-9-11-19-39(37)47(41)53-29-33(49)27-51-35-13-5-3-6-14-35)46-38-18-10-12-20-40(38)48(42-24-22-32(2)26-44(42)46)54-30-34(50)28-52-36-15-7-4-8-16-36/h3-26,33-34,49-50H,27-30H2,1-2H3. The van der Waals surface area contributed by atoms with Crippen LogP contribution in [0.2, 0.25) is 0 Å². The maximum Gasteiger partial charge on any atom is 0.135 e. The summed E-state index contributed by atoms with van der Waals surface area (Å²) in [5, 5.41) is 29.9. The van der Waals surface area contributed by atoms with Gasteiger partial charge in [-0.15, -0.1) is 0 Å². The fraction of sp³-hybridized carbons (Fsp3) is 0.167. The molecule has 0 saturated heterocycles. The van der Waals surface area contributed by atoms with Gasteiger partial charge in [-0.05, 0) is 70.8 Å². The Kier molecular flexibility index (Phi) is 10.0. The van der Waals surface area contributed by atoms with E-state index in [0.717, 1.165) is 76.8 Å². The third-order valence-corrected chi connectivity index (χ3v) is 9.72. The number of hydrogen-bond acceptors (Lipinski definition) is 6. The first-order chi connectivity index (χ1) is 26.4. The summed E-state index contributed by atoms with van der Waals surface area (Å²) in [6.45, 7) is 4.57. The van der Waals surface area contributed by atoms with E-state index in [1.807, 2.05) is 72.8 Å². The molecule has 2 atom stereocenters. The molecule has 2 N–H and O–H groups in total. The van der Waals surface area contributed by atoms with Gasteiger partial charge in [0.1, 0.15) is 61.6 Å². The van der Waals surface area contributed by atoms with Gasteiger partial charge in [0.05, 0.1) is 0 Å². The van der Waals surface area contributed by atoms with Crippen molar-refractivity contribution in [2.75, 3.05) is 26.4 Å². The number of aliphatic hydroxyl groups excluding tert-OH is 2. The first-order valence-electron chi connectivity index (χ1n) is 18.3. The van der Waals surface area contributed by atoms with Crippen LogP contribution in [0.25, 0.3) is 54.2 Å². The van der Waals surface area contributed by atoms with Crippen LogP contribution in [0.4, 0.5) is 0 Å². The number of ether oxygens (including phenoxy) is 4. The normalized spacial score (nSPS) is 12.6. The molecule has 0 aliphatic rings. The Hall–Kier alpha value is -6.08. The lowest BCUT2D eigenvalue weighted by Gasteiger charge is -2.23. The van der Waals surface area contributed by atoms with E-state index in [4.69, 9.17) is 18.9 Å². The van der Waals surface area contributed by atoms with Gasteiger partial charge >= 0.3 is 0 Å². The highest BCUT2D eigenvalue weighted by Crippen LogP contribution is 2.50. The van der Waals surface area contributed by atoms with Crippen molar-refractivity contribution in [2.45, 2.75) is 26.1 Å². The van der Waals surface area contributed by atoms with Gasteiger partial charge in [-0.3, -0.25) is 0 Å². The fourth-order valence-electron chi connectivity index (χ4n) is 7.23. The van der Waals surface area contributed by atoms with E-state index in [2.05, 4.69) is 86.6 Å². The lowest BCUT2D eigenvalue weighted by molar-refractivity contribution is 0.0637. The first-order valence-corrected chi connectivity index (χ1v) is 18.3. The molecular weight excluding hydrogens is 673 g/mol. The summed E-state index contributed by atoms with van der Waals surface area (Å²) >= 11 is 0. The Morgan fingerprint density at radius 1 is 0.370 bits per heavy atom. The van der Waals surface area contributed by atoms with Gasteiger partial charge in [-0.2, -0.15) is 0 Å². The molecule has 6 nitrogen and oxygen atoms in total. The molecule has 0 aromatic heterocycles. The van der Waals surface area contributed by atoms with Gasteiger partial charge in [-0.1, -0.05) is 132 Å². The van der Waals surface area contributed by atoms with Gasteiger partial charge in [0.25, 0.3) is 0 Å². The number of hydrogen-bond donors (Lipinski definition) is 2. The minimum Gasteiger partial charge on any atom is -0.491 e. The van der Waals surface area contributed by atoms with Crippen LogP contribution in [0.15, 0.2) is 146 Å². The molecule has 0 saturated carbocycles. The average molecular weight is 715 g/mol. The van der Waals surface area contributed by atoms with Crippen LogP contribution in [0.1, 0.15) is 11.1 Å². The summed E-state index contributed by atoms with van der Waals surface area (Å²) in [6, 6.07) is 48.5. The summed E-state index contributed by atoms with van der Waals surface area (Å²) in [5.41, 5.74) is 4.44. The topological polar surface area (TPSA) is 77.4 Å². The Bertz CT molecular complexity index is 2390. The summed E-state index contributed by atoms with van der Waals surface area (Å²) in [4.78, 5) is 0. The van der Waals surface area contributed by atoms with E-state index in [-0.39, 0.29) is 26.4 Å². The quantitative estimate of drug-likeness (QED) is 0.116. The van der Waals surface area contributed by atoms with Crippen LogP contribution in [0.5, 0.6) is 23.0 Å². The number of aliphatic hydroxyl groups is 2. The van der Waals surface area contributed by atoms with E-state index in [0.29, 0.717) is 11.5 Å². The number of benzene rings is 8. The minimum atomic E-state index is -0.837. The SMILES string of the molecule is Cc1ccc2c(OCC(O)COc3ccccc3)c3ccccc3c(-c3c4ccccc4c(OCC(O)COc4ccccc4)c4ccc(C)cc34)c2c1. The predicted octanol–water partition coefficient (Wildman–Crippen LogP) is 10.2. The molecule has 2 unspecified atom stereocenters. The molecule has 6 heteroatoms. The third kappa shape index (κ3) is 7.14. The summed E-state index contributed by atoms with van der Waals surface area (Å²) in [7, 11) is 0. The number of rotatable bonds is 13. The Labute approximate surface area is 314 Å². The second kappa shape index (κ2) is 15.5. The number of aryl methyl sites for hydroxylation is 2. The highest BCUT2D eigenvalue weighted by molar-refractivity contribution is 6.26. The van der Waals surface area contributed by atoms with Crippen molar-refractivity contribution in [1.29, 1.82) is 0 Å². The monoisotopic (exact) mass is 714 g/mol. The molecule has 270 valence electrons. The number of para-hydroxylation sites is 2. The van der Waals surface area contributed by atoms with Crippen LogP contribution < -0.4 is 18.9 Å². The third-order valence-electron chi connectivity index (χ3n) is 9.72. The van der Waals surface area contributed by atoms with Crippen molar-refractivity contribution in [3.05, 3.63) is 157 Å². The minimum absolute atomic E-state index is 0.0679. The maximum absolute atomic E-state index is 11.0. The highest BCUT2D eigenvalue weighted by atomic mass is 16.5. The molecule has 0 bridgehead atoms. The summed E-state index contributed by atoms with van der Waals surface area (Å²) in [5.74, 6) is 2.84. The van der Waals surface area contributed by atoms with Crippen molar-refractivity contribution in [3.8, 4) is 34.1 Å². The molecule has 0 fully saturated rings. The van der Waals surface area contributed by atoms with Crippen molar-refractivity contribution < 1.29 is 29.2 Å². The van der Waals surface area contributed by atoms with Gasteiger partial charge in [0, 0.05) is 21.5 Å². The van der Waals surface area contributed by atoms with Crippen molar-refractivity contribution in [2.24, 2.45) is 0 Å². The van der Waals surface area contributed by atoms with Crippen LogP contribution in [-0.4, -0.2) is 48.8 Å². The van der Waals surface area contributed by atoms with Crippen molar-refractivity contribution in [3.63, 3.8) is 0 Å². The summed E-state index contributed by atoms with van der Waals surface area (Å²) < 4.78 is 24.7. The molecular formula is C48H42O6. The van der Waals surface area contributed by atoms with Gasteiger partial charge < -0.3 is 29.2 Å². The smallest absolute Gasteiger partial charge is 0.135 e. The van der Waals surface area contributed by atoms with Gasteiger partial charge in [-0.25, -0.2) is 0 Å². The van der Waals surface area contributed by atoms with Crippen molar-refractivity contribution in [1.82, 2.24) is 0 Å². The van der Waals surface area contributed by atoms with E-state index in [9.17, 15) is 10.2 Å². The van der Waals surface area contributed by atoms with E-state index in [1.54, 1.807) is 0 Å². The van der Waals surface area contributed by atoms with Crippen molar-refractivity contribution >= 4 is 43.1 Å². The Morgan fingerprint density at radius 2 is 0.704 bits per heavy atom. The van der Waals surface area contributed by atoms with Crippen LogP contribution in [-0.2, 0) is 0 Å². The molecule has 0 radical (unpaired) electrons. The molecule has 0 heterocycles. The predicted molar refractivity (Wildman–Crippen MR) is 218 cm³/mol. The van der Waals surface area contributed by atoms with Crippen LogP contribution >= 0.6 is 0 Å². The molecule has 0 amide bonds. The zero-order valence-electron chi connectivity index (χ0n) is 30.4. The second-order valence-corrected chi connectivity index (χ2v) is 13.8. The zero-order valence-corrected chi connectivity index (χ0v) is 30.4. The molecule has 0 spiro atoms. The summed E-state index contributed by atoms with van der Waals surface area (Å²) in [6.07, 6.45) is -1.67. The molecule has 54 heavy (non-hydrogen) atoms. The zero-order chi connectivity index (χ0) is 37.0. The largest absolute Gasteiger partial charge is 0.491 e. The van der Waals surface area contributed by atoms with Crippen LogP contribution in [0, 0.1) is 13.8 Å².